The Labute approximate surface area is 163 Å². The summed E-state index contributed by atoms with van der Waals surface area (Å²) in [5, 5.41) is 4.12. The zero-order valence-electron chi connectivity index (χ0n) is 17.7. The third-order valence-corrected chi connectivity index (χ3v) is 6.39. The van der Waals surface area contributed by atoms with Crippen LogP contribution in [0.4, 0.5) is 0 Å². The first-order valence-electron chi connectivity index (χ1n) is 10.5. The average Bonchev–Trinajstić information content (AvgIpc) is 3.23. The minimum Gasteiger partial charge on any atom is -0.359 e. The molecule has 1 amide bonds. The lowest BCUT2D eigenvalue weighted by atomic mass is 9.76. The van der Waals surface area contributed by atoms with E-state index in [0.29, 0.717) is 17.9 Å². The van der Waals surface area contributed by atoms with Gasteiger partial charge in [-0.25, -0.2) is 0 Å². The van der Waals surface area contributed by atoms with Crippen LogP contribution in [0, 0.1) is 5.41 Å². The average molecular weight is 377 g/mol. The topological polar surface area (TPSA) is 52.8 Å². The van der Waals surface area contributed by atoms with Crippen LogP contribution in [0.1, 0.15) is 63.8 Å². The number of amides is 1. The van der Waals surface area contributed by atoms with E-state index in [2.05, 4.69) is 42.8 Å². The first-order chi connectivity index (χ1) is 12.8. The lowest BCUT2D eigenvalue weighted by molar-refractivity contribution is -0.135. The van der Waals surface area contributed by atoms with Crippen LogP contribution >= 0.6 is 0 Å². The summed E-state index contributed by atoms with van der Waals surface area (Å²) in [5.41, 5.74) is 1.27. The highest BCUT2D eigenvalue weighted by molar-refractivity contribution is 5.82. The molecule has 2 aliphatic heterocycles. The lowest BCUT2D eigenvalue weighted by Gasteiger charge is -2.37. The highest BCUT2D eigenvalue weighted by Gasteiger charge is 2.47. The molecule has 0 aromatic carbocycles. The van der Waals surface area contributed by atoms with E-state index in [0.717, 1.165) is 50.5 Å². The molecular weight excluding hydrogens is 340 g/mol. The number of carbonyl (C=O) groups excluding carboxylic acids is 1. The van der Waals surface area contributed by atoms with Gasteiger partial charge < -0.3 is 14.3 Å². The fraction of sp³-hybridized carbons (Fsp3) is 0.810. The van der Waals surface area contributed by atoms with Crippen molar-refractivity contribution in [1.29, 1.82) is 0 Å². The molecule has 6 heteroatoms. The van der Waals surface area contributed by atoms with Gasteiger partial charge in [-0.1, -0.05) is 25.9 Å². The van der Waals surface area contributed by atoms with Crippen molar-refractivity contribution in [3.05, 3.63) is 17.5 Å². The van der Waals surface area contributed by atoms with E-state index in [1.165, 1.54) is 12.8 Å². The van der Waals surface area contributed by atoms with E-state index in [9.17, 15) is 4.79 Å². The zero-order valence-corrected chi connectivity index (χ0v) is 17.7. The Kier molecular flexibility index (Phi) is 6.26. The number of likely N-dealkylation sites (N-methyl/N-ethyl adjacent to an activating group) is 1. The van der Waals surface area contributed by atoms with E-state index in [1.807, 2.05) is 18.0 Å². The second kappa shape index (κ2) is 8.31. The van der Waals surface area contributed by atoms with Crippen molar-refractivity contribution in [2.24, 2.45) is 5.41 Å². The number of rotatable bonds is 6. The number of likely N-dealkylation sites (tertiary alicyclic amines) is 2. The van der Waals surface area contributed by atoms with Gasteiger partial charge in [-0.3, -0.25) is 9.69 Å². The molecule has 2 saturated heterocycles. The summed E-state index contributed by atoms with van der Waals surface area (Å²) in [7, 11) is 4.09. The summed E-state index contributed by atoms with van der Waals surface area (Å²) >= 11 is 0. The Morgan fingerprint density at radius 3 is 2.70 bits per heavy atom. The summed E-state index contributed by atoms with van der Waals surface area (Å²) in [4.78, 5) is 19.9. The van der Waals surface area contributed by atoms with E-state index in [-0.39, 0.29) is 11.9 Å². The molecular formula is C21H36N4O2. The Morgan fingerprint density at radius 2 is 2.11 bits per heavy atom. The maximum Gasteiger partial charge on any atom is 0.240 e. The monoisotopic (exact) mass is 376 g/mol. The van der Waals surface area contributed by atoms with Crippen molar-refractivity contribution >= 4 is 5.91 Å². The Bertz CT molecular complexity index is 634. The number of hydrogen-bond acceptors (Lipinski definition) is 5. The Hall–Kier alpha value is -1.40. The van der Waals surface area contributed by atoms with Crippen LogP contribution in [-0.4, -0.2) is 72.1 Å². The molecule has 0 aliphatic carbocycles. The molecule has 0 bridgehead atoms. The van der Waals surface area contributed by atoms with Crippen LogP contribution in [0.2, 0.25) is 0 Å². The first kappa shape index (κ1) is 20.3. The summed E-state index contributed by atoms with van der Waals surface area (Å²) < 4.78 is 5.44. The van der Waals surface area contributed by atoms with Crippen molar-refractivity contribution in [2.45, 2.75) is 65.0 Å². The second-order valence-corrected chi connectivity index (χ2v) is 9.06. The summed E-state index contributed by atoms with van der Waals surface area (Å²) in [6.45, 7) is 11.2. The molecule has 0 radical (unpaired) electrons. The maximum absolute atomic E-state index is 13.3. The van der Waals surface area contributed by atoms with Gasteiger partial charge in [0.1, 0.15) is 0 Å². The fourth-order valence-corrected chi connectivity index (χ4v) is 4.61. The highest BCUT2D eigenvalue weighted by atomic mass is 16.5. The fourth-order valence-electron chi connectivity index (χ4n) is 4.61. The van der Waals surface area contributed by atoms with E-state index in [4.69, 9.17) is 4.52 Å². The number of aromatic nitrogens is 1. The van der Waals surface area contributed by atoms with Gasteiger partial charge >= 0.3 is 0 Å². The normalized spacial score (nSPS) is 23.4. The van der Waals surface area contributed by atoms with Gasteiger partial charge in [0.25, 0.3) is 0 Å². The smallest absolute Gasteiger partial charge is 0.240 e. The van der Waals surface area contributed by atoms with E-state index >= 15 is 0 Å². The predicted octanol–water partition coefficient (Wildman–Crippen LogP) is 2.95. The van der Waals surface area contributed by atoms with Crippen molar-refractivity contribution < 1.29 is 9.32 Å². The quantitative estimate of drug-likeness (QED) is 0.764. The van der Waals surface area contributed by atoms with Crippen LogP contribution in [0.5, 0.6) is 0 Å². The Balaban J connectivity index is 1.67. The maximum atomic E-state index is 13.3. The van der Waals surface area contributed by atoms with Gasteiger partial charge in [0, 0.05) is 19.7 Å². The largest absolute Gasteiger partial charge is 0.359 e. The number of piperidine rings is 1. The second-order valence-electron chi connectivity index (χ2n) is 9.06. The number of nitrogens with zero attached hydrogens (tertiary/aromatic N) is 4. The van der Waals surface area contributed by atoms with Gasteiger partial charge in [-0.2, -0.15) is 0 Å². The van der Waals surface area contributed by atoms with Gasteiger partial charge in [0.15, 0.2) is 5.76 Å². The molecule has 1 spiro atoms. The predicted molar refractivity (Wildman–Crippen MR) is 106 cm³/mol. The minimum absolute atomic E-state index is 0.00541. The lowest BCUT2D eigenvalue weighted by Crippen LogP contribution is -2.44. The van der Waals surface area contributed by atoms with Crippen molar-refractivity contribution in [1.82, 2.24) is 19.9 Å². The van der Waals surface area contributed by atoms with Crippen LogP contribution < -0.4 is 0 Å². The molecule has 6 nitrogen and oxygen atoms in total. The molecule has 0 saturated carbocycles. The summed E-state index contributed by atoms with van der Waals surface area (Å²) in [5.74, 6) is 1.33. The van der Waals surface area contributed by atoms with Crippen LogP contribution in [0.3, 0.4) is 0 Å². The molecule has 27 heavy (non-hydrogen) atoms. The van der Waals surface area contributed by atoms with E-state index < -0.39 is 0 Å². The number of carbonyl (C=O) groups is 1. The summed E-state index contributed by atoms with van der Waals surface area (Å²) in [6, 6.07) is 1.98. The van der Waals surface area contributed by atoms with Crippen LogP contribution in [0.25, 0.3) is 0 Å². The third-order valence-electron chi connectivity index (χ3n) is 6.39. The molecule has 152 valence electrons. The molecule has 0 unspecified atom stereocenters. The molecule has 2 aliphatic rings. The van der Waals surface area contributed by atoms with E-state index in [1.54, 1.807) is 0 Å². The molecule has 3 heterocycles. The summed E-state index contributed by atoms with van der Waals surface area (Å²) in [6.07, 6.45) is 4.50. The Morgan fingerprint density at radius 1 is 1.41 bits per heavy atom. The standard InChI is InChI=1S/C21H36N4O2/c1-6-9-25-15-21(7-10-23(4)11-8-21)13-19(25)20(26)24(5)14-17-12-18(16(2)3)22-27-17/h12,16,19H,6-11,13-15H2,1-5H3/t19-/m0/s1. The van der Waals surface area contributed by atoms with Crippen molar-refractivity contribution in [2.75, 3.05) is 40.3 Å². The minimum atomic E-state index is 0.00541. The first-order valence-corrected chi connectivity index (χ1v) is 10.5. The van der Waals surface area contributed by atoms with Crippen molar-refractivity contribution in [3.8, 4) is 0 Å². The molecule has 0 N–H and O–H groups in total. The van der Waals surface area contributed by atoms with Crippen LogP contribution in [-0.2, 0) is 11.3 Å². The van der Waals surface area contributed by atoms with Crippen molar-refractivity contribution in [3.63, 3.8) is 0 Å². The number of hydrogen-bond donors (Lipinski definition) is 0. The molecule has 3 rings (SSSR count). The zero-order chi connectivity index (χ0) is 19.6. The van der Waals surface area contributed by atoms with Crippen LogP contribution in [0.15, 0.2) is 10.6 Å². The highest BCUT2D eigenvalue weighted by Crippen LogP contribution is 2.43. The van der Waals surface area contributed by atoms with Gasteiger partial charge in [-0.15, -0.1) is 0 Å². The SMILES string of the molecule is CCCN1CC2(CCN(C)CC2)C[C@H]1C(=O)N(C)Cc1cc(C(C)C)no1. The van der Waals surface area contributed by atoms with Gasteiger partial charge in [-0.05, 0) is 63.7 Å². The van der Waals surface area contributed by atoms with Gasteiger partial charge in [0.2, 0.25) is 5.91 Å². The molecule has 2 fully saturated rings. The molecule has 1 aromatic rings. The van der Waals surface area contributed by atoms with Gasteiger partial charge in [0.05, 0.1) is 18.3 Å². The third kappa shape index (κ3) is 4.54. The molecule has 1 aromatic heterocycles. The molecule has 1 atom stereocenters.